The van der Waals surface area contributed by atoms with E-state index in [-0.39, 0.29) is 0 Å². The Morgan fingerprint density at radius 1 is 0.436 bits per heavy atom. The molecule has 0 saturated heterocycles. The zero-order valence-corrected chi connectivity index (χ0v) is 31.5. The van der Waals surface area contributed by atoms with Crippen LogP contribution in [0.5, 0.6) is 0 Å². The summed E-state index contributed by atoms with van der Waals surface area (Å²) in [6, 6.07) is 48.4. The van der Waals surface area contributed by atoms with Crippen molar-refractivity contribution in [2.75, 3.05) is 0 Å². The minimum absolute atomic E-state index is 0.551. The highest BCUT2D eigenvalue weighted by molar-refractivity contribution is 6.69. The van der Waals surface area contributed by atoms with Crippen LogP contribution in [0.25, 0.3) is 94.7 Å². The highest BCUT2D eigenvalue weighted by Crippen LogP contribution is 2.39. The largest absolute Gasteiger partial charge is 0.455 e. The van der Waals surface area contributed by atoms with Gasteiger partial charge in [0.15, 0.2) is 11.6 Å². The minimum Gasteiger partial charge on any atom is -0.455 e. The second-order valence-electron chi connectivity index (χ2n) is 14.6. The van der Waals surface area contributed by atoms with E-state index in [0.717, 1.165) is 60.6 Å². The number of hydrogen-bond donors (Lipinski definition) is 0. The van der Waals surface area contributed by atoms with Gasteiger partial charge >= 0.3 is 0 Å². The SMILES string of the molecule is Bc1c(B)c(B)c(-c2cccc3c2c2ccccc2n3-c2nc(-c3ccccc3)nc(-c3cccc4c3oc3cc(-c5ccccc5)ccc34)n2)c(B)c1B. The number of hydrogen-bond acceptors (Lipinski definition) is 4. The molecule has 0 saturated carbocycles. The first kappa shape index (κ1) is 33.1. The minimum atomic E-state index is 0.551. The topological polar surface area (TPSA) is 56.7 Å². The number of furan rings is 1. The van der Waals surface area contributed by atoms with Crippen LogP contribution < -0.4 is 27.3 Å². The Labute approximate surface area is 323 Å². The van der Waals surface area contributed by atoms with Crippen molar-refractivity contribution in [3.05, 3.63) is 140 Å². The molecular formula is C45H33B5N4O. The molecular weight excluding hydrogens is 667 g/mol. The molecule has 5 nitrogen and oxygen atoms in total. The molecule has 10 rings (SSSR count). The molecule has 3 heterocycles. The molecule has 10 aromatic rings. The molecule has 0 aliphatic rings. The molecule has 0 unspecified atom stereocenters. The maximum Gasteiger partial charge on any atom is 0.238 e. The molecule has 3 aromatic heterocycles. The van der Waals surface area contributed by atoms with E-state index in [1.807, 2.05) is 42.5 Å². The quantitative estimate of drug-likeness (QED) is 0.260. The fourth-order valence-corrected chi connectivity index (χ4v) is 8.43. The van der Waals surface area contributed by atoms with E-state index in [2.05, 4.69) is 141 Å². The maximum atomic E-state index is 6.72. The number of rotatable bonds is 5. The predicted octanol–water partition coefficient (Wildman–Crippen LogP) is 2.83. The maximum absolute atomic E-state index is 6.72. The second kappa shape index (κ2) is 12.8. The Morgan fingerprint density at radius 2 is 1.04 bits per heavy atom. The standard InChI is InChI=1S/C45H33B5N4O/c46-37-36(38(47)40(49)41(50)39(37)48)30-17-10-20-33-35(30)29-15-7-8-19-32(29)54(33)45-52-43(25-13-5-2-6-14-25)51-44(53-45)31-18-9-16-28-27-22-21-26(23-34(27)55-42(28)31)24-11-3-1-4-12-24/h1-23H,46-50H2. The molecule has 55 heavy (non-hydrogen) atoms. The smallest absolute Gasteiger partial charge is 0.238 e. The number of benzene rings is 7. The third-order valence-corrected chi connectivity index (χ3v) is 11.7. The van der Waals surface area contributed by atoms with E-state index in [4.69, 9.17) is 19.4 Å². The van der Waals surface area contributed by atoms with Crippen LogP contribution in [0.1, 0.15) is 0 Å². The Hall–Kier alpha value is -6.53. The monoisotopic (exact) mass is 700 g/mol. The van der Waals surface area contributed by atoms with E-state index in [1.54, 1.807) is 0 Å². The lowest BCUT2D eigenvalue weighted by atomic mass is 9.59. The zero-order chi connectivity index (χ0) is 37.4. The van der Waals surface area contributed by atoms with Crippen LogP contribution in [-0.2, 0) is 0 Å². The summed E-state index contributed by atoms with van der Waals surface area (Å²) in [7, 11) is 11.2. The van der Waals surface area contributed by atoms with Gasteiger partial charge in [-0.3, -0.25) is 4.57 Å². The van der Waals surface area contributed by atoms with Crippen LogP contribution in [0.2, 0.25) is 0 Å². The van der Waals surface area contributed by atoms with E-state index < -0.39 is 0 Å². The number of nitrogens with zero attached hydrogens (tertiary/aromatic N) is 4. The summed E-state index contributed by atoms with van der Waals surface area (Å²) in [5.74, 6) is 1.70. The van der Waals surface area contributed by atoms with Gasteiger partial charge in [0.25, 0.3) is 0 Å². The zero-order valence-electron chi connectivity index (χ0n) is 31.5. The summed E-state index contributed by atoms with van der Waals surface area (Å²) in [5.41, 5.74) is 16.8. The van der Waals surface area contributed by atoms with Crippen LogP contribution >= 0.6 is 0 Å². The summed E-state index contributed by atoms with van der Waals surface area (Å²) < 4.78 is 8.93. The van der Waals surface area contributed by atoms with Crippen molar-refractivity contribution in [2.24, 2.45) is 0 Å². The lowest BCUT2D eigenvalue weighted by molar-refractivity contribution is 0.669. The molecule has 7 aromatic carbocycles. The normalized spacial score (nSPS) is 11.6. The highest BCUT2D eigenvalue weighted by atomic mass is 16.3. The van der Waals surface area contributed by atoms with Gasteiger partial charge in [-0.2, -0.15) is 9.97 Å². The van der Waals surface area contributed by atoms with Gasteiger partial charge in [0.05, 0.1) is 16.6 Å². The van der Waals surface area contributed by atoms with Gasteiger partial charge in [-0.15, -0.1) is 16.4 Å². The lowest BCUT2D eigenvalue weighted by Crippen LogP contribution is -2.55. The van der Waals surface area contributed by atoms with Gasteiger partial charge in [-0.05, 0) is 52.6 Å². The van der Waals surface area contributed by atoms with Crippen molar-refractivity contribution in [1.82, 2.24) is 19.5 Å². The van der Waals surface area contributed by atoms with Gasteiger partial charge in [0, 0.05) is 27.1 Å². The average molecular weight is 700 g/mol. The first-order valence-electron chi connectivity index (χ1n) is 18.8. The third kappa shape index (κ3) is 5.19. The van der Waals surface area contributed by atoms with E-state index in [0.29, 0.717) is 17.6 Å². The second-order valence-corrected chi connectivity index (χ2v) is 14.6. The lowest BCUT2D eigenvalue weighted by Gasteiger charge is -2.21. The molecule has 0 aliphatic carbocycles. The van der Waals surface area contributed by atoms with Gasteiger partial charge in [0.1, 0.15) is 50.4 Å². The van der Waals surface area contributed by atoms with Crippen molar-refractivity contribution in [3.63, 3.8) is 0 Å². The van der Waals surface area contributed by atoms with Gasteiger partial charge < -0.3 is 4.42 Å². The third-order valence-electron chi connectivity index (χ3n) is 11.7. The molecule has 0 amide bonds. The van der Waals surface area contributed by atoms with Crippen LogP contribution in [0, 0.1) is 0 Å². The van der Waals surface area contributed by atoms with Crippen LogP contribution in [0.3, 0.4) is 0 Å². The molecule has 0 bridgehead atoms. The molecule has 0 spiro atoms. The summed E-state index contributed by atoms with van der Waals surface area (Å²) >= 11 is 0. The molecule has 254 valence electrons. The fourth-order valence-electron chi connectivity index (χ4n) is 8.43. The first-order chi connectivity index (χ1) is 26.9. The highest BCUT2D eigenvalue weighted by Gasteiger charge is 2.23. The van der Waals surface area contributed by atoms with Crippen LogP contribution in [0.4, 0.5) is 0 Å². The van der Waals surface area contributed by atoms with E-state index in [1.165, 1.54) is 43.8 Å². The average Bonchev–Trinajstić information content (AvgIpc) is 3.79. The number of fused-ring (bicyclic) bond motifs is 6. The van der Waals surface area contributed by atoms with Gasteiger partial charge in [0.2, 0.25) is 5.95 Å². The van der Waals surface area contributed by atoms with Crippen molar-refractivity contribution in [2.45, 2.75) is 0 Å². The van der Waals surface area contributed by atoms with Crippen molar-refractivity contribution >= 4 is 110 Å². The van der Waals surface area contributed by atoms with E-state index in [9.17, 15) is 0 Å². The van der Waals surface area contributed by atoms with Crippen LogP contribution in [-0.4, -0.2) is 58.8 Å². The summed E-state index contributed by atoms with van der Waals surface area (Å²) in [5, 5.41) is 4.41. The first-order valence-corrected chi connectivity index (χ1v) is 18.8. The van der Waals surface area contributed by atoms with Crippen LogP contribution in [0.15, 0.2) is 144 Å². The molecule has 0 aliphatic heterocycles. The van der Waals surface area contributed by atoms with Crippen molar-refractivity contribution in [3.8, 4) is 51.0 Å². The number of aromatic nitrogens is 4. The van der Waals surface area contributed by atoms with Crippen molar-refractivity contribution in [1.29, 1.82) is 0 Å². The Bertz CT molecular complexity index is 3130. The molecule has 0 fully saturated rings. The Balaban J connectivity index is 1.24. The molecule has 0 N–H and O–H groups in total. The predicted molar refractivity (Wildman–Crippen MR) is 244 cm³/mol. The fraction of sp³-hybridized carbons (Fsp3) is 0. The Morgan fingerprint density at radius 3 is 1.80 bits per heavy atom. The summed E-state index contributed by atoms with van der Waals surface area (Å²) in [6.07, 6.45) is 0. The summed E-state index contributed by atoms with van der Waals surface area (Å²) in [4.78, 5) is 15.7. The molecule has 0 atom stereocenters. The Kier molecular flexibility index (Phi) is 7.70. The van der Waals surface area contributed by atoms with E-state index >= 15 is 0 Å². The molecule has 10 heteroatoms. The summed E-state index contributed by atoms with van der Waals surface area (Å²) in [6.45, 7) is 0. The van der Waals surface area contributed by atoms with Crippen molar-refractivity contribution < 1.29 is 4.42 Å². The molecule has 0 radical (unpaired) electrons. The number of para-hydroxylation sites is 2. The van der Waals surface area contributed by atoms with Gasteiger partial charge in [-0.25, -0.2) is 4.98 Å². The van der Waals surface area contributed by atoms with Gasteiger partial charge in [-0.1, -0.05) is 120 Å².